The highest BCUT2D eigenvalue weighted by atomic mass is 16.5. The molecule has 28 heavy (non-hydrogen) atoms. The number of piperidine rings is 1. The zero-order valence-corrected chi connectivity index (χ0v) is 16.8. The minimum Gasteiger partial charge on any atom is -0.384 e. The maximum Gasteiger partial charge on any atom is 0.254 e. The molecule has 2 fully saturated rings. The molecule has 8 nitrogen and oxygen atoms in total. The maximum atomic E-state index is 12.5. The van der Waals surface area contributed by atoms with Gasteiger partial charge >= 0.3 is 0 Å². The first-order chi connectivity index (χ1) is 13.6. The number of hydrogen-bond acceptors (Lipinski definition) is 5. The number of carbonyl (C=O) groups excluding carboxylic acids is 2. The van der Waals surface area contributed by atoms with Gasteiger partial charge in [0.15, 0.2) is 0 Å². The van der Waals surface area contributed by atoms with Crippen molar-refractivity contribution in [3.8, 4) is 0 Å². The van der Waals surface area contributed by atoms with Crippen LogP contribution in [0.25, 0.3) is 0 Å². The molecule has 0 unspecified atom stereocenters. The fourth-order valence-electron chi connectivity index (χ4n) is 4.24. The Morgan fingerprint density at radius 1 is 1.29 bits per heavy atom. The number of amides is 2. The first kappa shape index (κ1) is 20.8. The van der Waals surface area contributed by atoms with E-state index in [0.29, 0.717) is 18.7 Å². The summed E-state index contributed by atoms with van der Waals surface area (Å²) in [5.41, 5.74) is 0.456. The van der Waals surface area contributed by atoms with Gasteiger partial charge in [0.2, 0.25) is 5.91 Å². The number of methoxy groups -OCH3 is 1. The number of nitrogens with one attached hydrogen (secondary N) is 3. The lowest BCUT2D eigenvalue weighted by Crippen LogP contribution is -2.47. The molecule has 2 heterocycles. The molecule has 0 aromatic carbocycles. The van der Waals surface area contributed by atoms with Crippen LogP contribution in [0, 0.1) is 5.41 Å². The molecular formula is C20H33N5O3. The van der Waals surface area contributed by atoms with Crippen molar-refractivity contribution in [3.05, 3.63) is 18.0 Å². The quantitative estimate of drug-likeness (QED) is 0.616. The van der Waals surface area contributed by atoms with E-state index in [9.17, 15) is 9.59 Å². The predicted molar refractivity (Wildman–Crippen MR) is 106 cm³/mol. The third kappa shape index (κ3) is 5.78. The molecule has 1 aromatic rings. The molecular weight excluding hydrogens is 358 g/mol. The third-order valence-electron chi connectivity index (χ3n) is 5.91. The molecule has 3 N–H and O–H groups in total. The molecule has 2 amide bonds. The van der Waals surface area contributed by atoms with Crippen molar-refractivity contribution in [1.29, 1.82) is 0 Å². The van der Waals surface area contributed by atoms with E-state index in [1.165, 1.54) is 30.1 Å². The fourth-order valence-corrected chi connectivity index (χ4v) is 4.24. The first-order valence-electron chi connectivity index (χ1n) is 10.4. The van der Waals surface area contributed by atoms with E-state index < -0.39 is 0 Å². The van der Waals surface area contributed by atoms with Gasteiger partial charge in [0, 0.05) is 31.3 Å². The Kier molecular flexibility index (Phi) is 7.44. The van der Waals surface area contributed by atoms with Gasteiger partial charge in [-0.1, -0.05) is 19.3 Å². The van der Waals surface area contributed by atoms with E-state index in [4.69, 9.17) is 4.74 Å². The Hall–Kier alpha value is -1.93. The van der Waals surface area contributed by atoms with Gasteiger partial charge in [-0.3, -0.25) is 14.3 Å². The lowest BCUT2D eigenvalue weighted by molar-refractivity contribution is -0.122. The van der Waals surface area contributed by atoms with Crippen molar-refractivity contribution in [2.24, 2.45) is 5.41 Å². The molecule has 0 atom stereocenters. The van der Waals surface area contributed by atoms with Crippen LogP contribution in [-0.2, 0) is 16.1 Å². The molecule has 0 bridgehead atoms. The average molecular weight is 392 g/mol. The van der Waals surface area contributed by atoms with Crippen LogP contribution in [0.3, 0.4) is 0 Å². The zero-order valence-electron chi connectivity index (χ0n) is 16.8. The smallest absolute Gasteiger partial charge is 0.254 e. The molecule has 156 valence electrons. The van der Waals surface area contributed by atoms with Gasteiger partial charge in [0.05, 0.1) is 18.4 Å². The highest BCUT2D eigenvalue weighted by molar-refractivity contribution is 5.93. The molecule has 1 aromatic heterocycles. The van der Waals surface area contributed by atoms with Gasteiger partial charge in [-0.2, -0.15) is 5.10 Å². The van der Waals surface area contributed by atoms with E-state index in [-0.39, 0.29) is 29.8 Å². The van der Waals surface area contributed by atoms with Crippen LogP contribution in [0.5, 0.6) is 0 Å². The summed E-state index contributed by atoms with van der Waals surface area (Å²) in [7, 11) is 1.70. The van der Waals surface area contributed by atoms with Gasteiger partial charge in [-0.25, -0.2) is 0 Å². The molecule has 1 saturated heterocycles. The largest absolute Gasteiger partial charge is 0.384 e. The number of rotatable bonds is 8. The number of nitrogens with zero attached hydrogens (tertiary/aromatic N) is 2. The van der Waals surface area contributed by atoms with Crippen molar-refractivity contribution in [1.82, 2.24) is 25.7 Å². The van der Waals surface area contributed by atoms with E-state index in [1.807, 2.05) is 0 Å². The van der Waals surface area contributed by atoms with E-state index in [2.05, 4.69) is 21.0 Å². The Balaban J connectivity index is 1.48. The number of carbonyl (C=O) groups is 2. The SMILES string of the molecule is COCC1(CNC(=O)c2cnn(CC(=O)NC3CCCCC3)c2)CCNCC1. The Labute approximate surface area is 166 Å². The normalized spacial score (nSPS) is 19.9. The van der Waals surface area contributed by atoms with Gasteiger partial charge < -0.3 is 20.7 Å². The summed E-state index contributed by atoms with van der Waals surface area (Å²) in [5, 5.41) is 13.6. The topological polar surface area (TPSA) is 97.3 Å². The molecule has 1 aliphatic carbocycles. The molecule has 1 saturated carbocycles. The van der Waals surface area contributed by atoms with Crippen molar-refractivity contribution < 1.29 is 14.3 Å². The summed E-state index contributed by atoms with van der Waals surface area (Å²) in [4.78, 5) is 24.7. The summed E-state index contributed by atoms with van der Waals surface area (Å²) in [6.45, 7) is 3.23. The van der Waals surface area contributed by atoms with Crippen molar-refractivity contribution in [2.75, 3.05) is 33.4 Å². The van der Waals surface area contributed by atoms with Gasteiger partial charge in [-0.05, 0) is 38.8 Å². The highest BCUT2D eigenvalue weighted by Gasteiger charge is 2.32. The van der Waals surface area contributed by atoms with Gasteiger partial charge in [-0.15, -0.1) is 0 Å². The standard InChI is InChI=1S/C20H33N5O3/c1-28-15-20(7-9-21-10-8-20)14-22-19(27)16-11-23-25(12-16)13-18(26)24-17-5-3-2-4-6-17/h11-12,17,21H,2-10,13-15H2,1H3,(H,22,27)(H,24,26). The Morgan fingerprint density at radius 3 is 2.75 bits per heavy atom. The minimum atomic E-state index is -0.159. The highest BCUT2D eigenvalue weighted by Crippen LogP contribution is 2.28. The summed E-state index contributed by atoms with van der Waals surface area (Å²) in [6.07, 6.45) is 10.8. The summed E-state index contributed by atoms with van der Waals surface area (Å²) in [5.74, 6) is -0.205. The fraction of sp³-hybridized carbons (Fsp3) is 0.750. The Bertz CT molecular complexity index is 643. The van der Waals surface area contributed by atoms with Crippen LogP contribution < -0.4 is 16.0 Å². The third-order valence-corrected chi connectivity index (χ3v) is 5.91. The lowest BCUT2D eigenvalue weighted by Gasteiger charge is -2.37. The van der Waals surface area contributed by atoms with E-state index in [0.717, 1.165) is 38.8 Å². The van der Waals surface area contributed by atoms with Crippen LogP contribution in [0.2, 0.25) is 0 Å². The summed E-state index contributed by atoms with van der Waals surface area (Å²) in [6, 6.07) is 0.279. The monoisotopic (exact) mass is 391 g/mol. The van der Waals surface area contributed by atoms with Gasteiger partial charge in [0.25, 0.3) is 5.91 Å². The van der Waals surface area contributed by atoms with Crippen molar-refractivity contribution >= 4 is 11.8 Å². The molecule has 0 spiro atoms. The minimum absolute atomic E-state index is 0.0223. The average Bonchev–Trinajstić information content (AvgIpc) is 3.16. The van der Waals surface area contributed by atoms with Crippen LogP contribution in [0.1, 0.15) is 55.3 Å². The maximum absolute atomic E-state index is 12.5. The van der Waals surface area contributed by atoms with Gasteiger partial charge in [0.1, 0.15) is 6.54 Å². The second kappa shape index (κ2) is 10.0. The van der Waals surface area contributed by atoms with Crippen LogP contribution in [0.4, 0.5) is 0 Å². The number of aromatic nitrogens is 2. The van der Waals surface area contributed by atoms with E-state index >= 15 is 0 Å². The predicted octanol–water partition coefficient (Wildman–Crippen LogP) is 1.08. The Morgan fingerprint density at radius 2 is 2.04 bits per heavy atom. The zero-order chi connectivity index (χ0) is 19.8. The first-order valence-corrected chi connectivity index (χ1v) is 10.4. The van der Waals surface area contributed by atoms with Crippen LogP contribution in [0.15, 0.2) is 12.4 Å². The van der Waals surface area contributed by atoms with Crippen molar-refractivity contribution in [2.45, 2.75) is 57.5 Å². The number of hydrogen-bond donors (Lipinski definition) is 3. The molecule has 2 aliphatic rings. The molecule has 3 rings (SSSR count). The van der Waals surface area contributed by atoms with E-state index in [1.54, 1.807) is 13.3 Å². The second-order valence-electron chi connectivity index (χ2n) is 8.19. The summed E-state index contributed by atoms with van der Waals surface area (Å²) < 4.78 is 6.92. The second-order valence-corrected chi connectivity index (χ2v) is 8.19. The van der Waals surface area contributed by atoms with Crippen molar-refractivity contribution in [3.63, 3.8) is 0 Å². The van der Waals surface area contributed by atoms with Crippen LogP contribution >= 0.6 is 0 Å². The lowest BCUT2D eigenvalue weighted by atomic mass is 9.79. The van der Waals surface area contributed by atoms with Crippen LogP contribution in [-0.4, -0.2) is 61.0 Å². The molecule has 1 aliphatic heterocycles. The summed E-state index contributed by atoms with van der Waals surface area (Å²) >= 11 is 0. The number of ether oxygens (including phenoxy) is 1. The molecule has 8 heteroatoms. The molecule has 0 radical (unpaired) electrons.